The fourth-order valence-corrected chi connectivity index (χ4v) is 5.89. The largest absolute Gasteiger partial charge is 0.338 e. The van der Waals surface area contributed by atoms with Gasteiger partial charge >= 0.3 is 0 Å². The van der Waals surface area contributed by atoms with Gasteiger partial charge in [-0.3, -0.25) is 4.79 Å². The third-order valence-electron chi connectivity index (χ3n) is 5.99. The van der Waals surface area contributed by atoms with Gasteiger partial charge in [-0.25, -0.2) is 17.8 Å². The van der Waals surface area contributed by atoms with Gasteiger partial charge in [-0.15, -0.1) is 0 Å². The summed E-state index contributed by atoms with van der Waals surface area (Å²) in [4.78, 5) is 17.6. The van der Waals surface area contributed by atoms with Gasteiger partial charge in [-0.2, -0.15) is 4.31 Å². The van der Waals surface area contributed by atoms with Crippen molar-refractivity contribution in [2.24, 2.45) is 7.05 Å². The number of nitrogens with zero attached hydrogens (tertiary/aromatic N) is 3. The molecule has 0 bridgehead atoms. The number of nitrogens with one attached hydrogen (secondary N) is 1. The third kappa shape index (κ3) is 4.69. The van der Waals surface area contributed by atoms with Crippen LogP contribution in [-0.2, 0) is 17.1 Å². The fraction of sp³-hybridized carbons (Fsp3) is 0.333. The minimum absolute atomic E-state index is 0.122. The number of amides is 1. The van der Waals surface area contributed by atoms with Gasteiger partial charge in [0, 0.05) is 43.7 Å². The molecule has 1 atom stereocenters. The molecule has 2 aromatic carbocycles. The number of piperidine rings is 1. The number of carbonyl (C=O) groups is 1. The minimum Gasteiger partial charge on any atom is -0.338 e. The van der Waals surface area contributed by atoms with Crippen LogP contribution in [0, 0.1) is 12.7 Å². The standard InChI is InChI=1S/C24H27FN4O3S/c1-17-10-11-18(16-21(17)33(31,32)29-13-6-3-7-14-29)24(30)27-22(23-26-12-15-28(23)2)19-8-4-5-9-20(19)25/h4-5,8-12,15-16,22H,3,6-7,13-14H2,1-2H3,(H,27,30)/t22-/m0/s1. The highest BCUT2D eigenvalue weighted by Crippen LogP contribution is 2.26. The molecule has 3 aromatic rings. The Morgan fingerprint density at radius 1 is 1.12 bits per heavy atom. The normalized spacial score (nSPS) is 15.8. The van der Waals surface area contributed by atoms with E-state index in [1.807, 2.05) is 0 Å². The Kier molecular flexibility index (Phi) is 6.62. The van der Waals surface area contributed by atoms with Crippen LogP contribution in [0.2, 0.25) is 0 Å². The predicted octanol–water partition coefficient (Wildman–Crippen LogP) is 3.56. The van der Waals surface area contributed by atoms with Crippen LogP contribution in [0.4, 0.5) is 4.39 Å². The SMILES string of the molecule is Cc1ccc(C(=O)N[C@@H](c2ccccc2F)c2nccn2C)cc1S(=O)(=O)N1CCCCC1. The Hall–Kier alpha value is -3.04. The van der Waals surface area contributed by atoms with Crippen LogP contribution < -0.4 is 5.32 Å². The molecular formula is C24H27FN4O3S. The highest BCUT2D eigenvalue weighted by atomic mass is 32.2. The number of imidazole rings is 1. The number of aryl methyl sites for hydroxylation is 2. The van der Waals surface area contributed by atoms with Gasteiger partial charge in [0.1, 0.15) is 17.7 Å². The van der Waals surface area contributed by atoms with E-state index in [0.29, 0.717) is 24.5 Å². The Morgan fingerprint density at radius 2 is 1.85 bits per heavy atom. The number of halogens is 1. The summed E-state index contributed by atoms with van der Waals surface area (Å²) in [5, 5.41) is 2.84. The molecular weight excluding hydrogens is 443 g/mol. The van der Waals surface area contributed by atoms with Crippen LogP contribution >= 0.6 is 0 Å². The van der Waals surface area contributed by atoms with Crippen LogP contribution in [0.1, 0.15) is 52.6 Å². The third-order valence-corrected chi connectivity index (χ3v) is 8.03. The van der Waals surface area contributed by atoms with Gasteiger partial charge in [0.2, 0.25) is 10.0 Å². The summed E-state index contributed by atoms with van der Waals surface area (Å²) in [6.07, 6.45) is 5.95. The summed E-state index contributed by atoms with van der Waals surface area (Å²) in [6.45, 7) is 2.67. The van der Waals surface area contributed by atoms with Gasteiger partial charge in [0.15, 0.2) is 0 Å². The van der Waals surface area contributed by atoms with Gasteiger partial charge in [0.25, 0.3) is 5.91 Å². The molecule has 174 valence electrons. The second-order valence-corrected chi connectivity index (χ2v) is 10.2. The number of hydrogen-bond donors (Lipinski definition) is 1. The van der Waals surface area contributed by atoms with Crippen molar-refractivity contribution in [3.05, 3.63) is 83.2 Å². The molecule has 0 aliphatic carbocycles. The maximum absolute atomic E-state index is 14.6. The highest BCUT2D eigenvalue weighted by molar-refractivity contribution is 7.89. The molecule has 0 radical (unpaired) electrons. The Labute approximate surface area is 193 Å². The molecule has 1 fully saturated rings. The zero-order valence-electron chi connectivity index (χ0n) is 18.7. The van der Waals surface area contributed by atoms with E-state index >= 15 is 0 Å². The van der Waals surface area contributed by atoms with Crippen molar-refractivity contribution in [2.75, 3.05) is 13.1 Å². The van der Waals surface area contributed by atoms with Gasteiger partial charge in [-0.05, 0) is 43.5 Å². The molecule has 2 heterocycles. The van der Waals surface area contributed by atoms with Crippen molar-refractivity contribution < 1.29 is 17.6 Å². The number of carbonyl (C=O) groups excluding carboxylic acids is 1. The first-order chi connectivity index (χ1) is 15.8. The molecule has 4 rings (SSSR count). The van der Waals surface area contributed by atoms with E-state index in [4.69, 9.17) is 0 Å². The number of benzene rings is 2. The highest BCUT2D eigenvalue weighted by Gasteiger charge is 2.29. The van der Waals surface area contributed by atoms with E-state index < -0.39 is 27.8 Å². The first-order valence-corrected chi connectivity index (χ1v) is 12.4. The Morgan fingerprint density at radius 3 is 2.52 bits per heavy atom. The molecule has 33 heavy (non-hydrogen) atoms. The second-order valence-electron chi connectivity index (χ2n) is 8.27. The van der Waals surface area contributed by atoms with Crippen molar-refractivity contribution in [1.82, 2.24) is 19.2 Å². The smallest absolute Gasteiger partial charge is 0.252 e. The lowest BCUT2D eigenvalue weighted by atomic mass is 10.0. The van der Waals surface area contributed by atoms with E-state index in [-0.39, 0.29) is 16.0 Å². The zero-order chi connectivity index (χ0) is 23.6. The van der Waals surface area contributed by atoms with Crippen LogP contribution in [0.3, 0.4) is 0 Å². The van der Waals surface area contributed by atoms with Crippen molar-refractivity contribution in [2.45, 2.75) is 37.1 Å². The fourth-order valence-electron chi connectivity index (χ4n) is 4.12. The van der Waals surface area contributed by atoms with Crippen LogP contribution in [0.25, 0.3) is 0 Å². The van der Waals surface area contributed by atoms with E-state index in [9.17, 15) is 17.6 Å². The van der Waals surface area contributed by atoms with Crippen LogP contribution in [0.15, 0.2) is 59.8 Å². The van der Waals surface area contributed by atoms with Gasteiger partial charge in [0.05, 0.1) is 4.90 Å². The lowest BCUT2D eigenvalue weighted by Crippen LogP contribution is -2.36. The molecule has 1 aliphatic rings. The molecule has 7 nitrogen and oxygen atoms in total. The maximum atomic E-state index is 14.6. The first kappa shape index (κ1) is 23.1. The number of rotatable bonds is 6. The predicted molar refractivity (Wildman–Crippen MR) is 123 cm³/mol. The summed E-state index contributed by atoms with van der Waals surface area (Å²) in [6, 6.07) is 9.96. The second kappa shape index (κ2) is 9.44. The van der Waals surface area contributed by atoms with Crippen LogP contribution in [0.5, 0.6) is 0 Å². The zero-order valence-corrected chi connectivity index (χ0v) is 19.5. The van der Waals surface area contributed by atoms with Crippen molar-refractivity contribution in [3.8, 4) is 0 Å². The maximum Gasteiger partial charge on any atom is 0.252 e. The molecule has 1 amide bonds. The quantitative estimate of drug-likeness (QED) is 0.597. The summed E-state index contributed by atoms with van der Waals surface area (Å²) in [5.41, 5.74) is 1.03. The topological polar surface area (TPSA) is 84.3 Å². The van der Waals surface area contributed by atoms with Crippen molar-refractivity contribution in [1.29, 1.82) is 0 Å². The van der Waals surface area contributed by atoms with E-state index in [1.165, 1.54) is 16.4 Å². The minimum atomic E-state index is -3.71. The van der Waals surface area contributed by atoms with E-state index in [2.05, 4.69) is 10.3 Å². The van der Waals surface area contributed by atoms with Gasteiger partial charge < -0.3 is 9.88 Å². The average molecular weight is 471 g/mol. The van der Waals surface area contributed by atoms with E-state index in [0.717, 1.165) is 19.3 Å². The molecule has 0 unspecified atom stereocenters. The lowest BCUT2D eigenvalue weighted by Gasteiger charge is -2.26. The molecule has 1 N–H and O–H groups in total. The molecule has 1 aromatic heterocycles. The van der Waals surface area contributed by atoms with Crippen molar-refractivity contribution in [3.63, 3.8) is 0 Å². The molecule has 9 heteroatoms. The summed E-state index contributed by atoms with van der Waals surface area (Å²) in [5.74, 6) is -0.522. The van der Waals surface area contributed by atoms with Crippen LogP contribution in [-0.4, -0.2) is 41.3 Å². The Balaban J connectivity index is 1.68. The molecule has 1 aliphatic heterocycles. The average Bonchev–Trinajstić information content (AvgIpc) is 3.24. The number of hydrogen-bond acceptors (Lipinski definition) is 4. The molecule has 0 saturated carbocycles. The van der Waals surface area contributed by atoms with Gasteiger partial charge in [-0.1, -0.05) is 30.7 Å². The first-order valence-electron chi connectivity index (χ1n) is 10.9. The lowest BCUT2D eigenvalue weighted by molar-refractivity contribution is 0.0940. The molecule has 0 spiro atoms. The summed E-state index contributed by atoms with van der Waals surface area (Å²) in [7, 11) is -1.95. The summed E-state index contributed by atoms with van der Waals surface area (Å²) < 4.78 is 44.3. The monoisotopic (exact) mass is 470 g/mol. The summed E-state index contributed by atoms with van der Waals surface area (Å²) >= 11 is 0. The Bertz CT molecular complexity index is 1270. The molecule has 1 saturated heterocycles. The van der Waals surface area contributed by atoms with E-state index in [1.54, 1.807) is 61.3 Å². The number of sulfonamides is 1. The van der Waals surface area contributed by atoms with Crippen molar-refractivity contribution >= 4 is 15.9 Å². The number of aromatic nitrogens is 2.